The van der Waals surface area contributed by atoms with Crippen molar-refractivity contribution >= 4 is 0 Å². The minimum atomic E-state index is -1.20. The van der Waals surface area contributed by atoms with Crippen LogP contribution in [0.3, 0.4) is 0 Å². The van der Waals surface area contributed by atoms with Crippen LogP contribution in [-0.4, -0.2) is 38.1 Å². The first kappa shape index (κ1) is 12.0. The summed E-state index contributed by atoms with van der Waals surface area (Å²) in [7, 11) is 0. The Labute approximate surface area is 96.3 Å². The van der Waals surface area contributed by atoms with Crippen molar-refractivity contribution in [3.8, 4) is 0 Å². The number of hydrogen-bond donors (Lipinski definition) is 3. The van der Waals surface area contributed by atoms with Crippen LogP contribution in [0.2, 0.25) is 0 Å². The van der Waals surface area contributed by atoms with Crippen molar-refractivity contribution in [2.45, 2.75) is 38.4 Å². The minimum absolute atomic E-state index is 0.328. The summed E-state index contributed by atoms with van der Waals surface area (Å²) in [4.78, 5) is 24.9. The van der Waals surface area contributed by atoms with Gasteiger partial charge in [-0.05, 0) is 13.8 Å². The Morgan fingerprint density at radius 2 is 2.00 bits per heavy atom. The van der Waals surface area contributed by atoms with Crippen molar-refractivity contribution in [2.75, 3.05) is 0 Å². The average molecular weight is 242 g/mol. The van der Waals surface area contributed by atoms with Crippen LogP contribution in [0.1, 0.15) is 18.7 Å². The zero-order valence-corrected chi connectivity index (χ0v) is 9.45. The Hall–Kier alpha value is -1.44. The lowest BCUT2D eigenvalue weighted by Crippen LogP contribution is -2.38. The molecule has 0 aromatic carbocycles. The summed E-state index contributed by atoms with van der Waals surface area (Å²) in [5, 5.41) is 19.3. The normalized spacial score (nSPS) is 32.9. The van der Waals surface area contributed by atoms with Gasteiger partial charge in [-0.25, -0.2) is 4.79 Å². The Morgan fingerprint density at radius 3 is 2.53 bits per heavy atom. The summed E-state index contributed by atoms with van der Waals surface area (Å²) >= 11 is 0. The summed E-state index contributed by atoms with van der Waals surface area (Å²) < 4.78 is 6.37. The minimum Gasteiger partial charge on any atom is -0.388 e. The van der Waals surface area contributed by atoms with E-state index in [4.69, 9.17) is 4.74 Å². The van der Waals surface area contributed by atoms with E-state index < -0.39 is 35.8 Å². The van der Waals surface area contributed by atoms with Crippen LogP contribution < -0.4 is 11.2 Å². The molecule has 0 amide bonds. The summed E-state index contributed by atoms with van der Waals surface area (Å²) in [5.74, 6) is 0. The number of nitrogens with one attached hydrogen (secondary N) is 1. The van der Waals surface area contributed by atoms with E-state index in [2.05, 4.69) is 4.98 Å². The van der Waals surface area contributed by atoms with E-state index >= 15 is 0 Å². The molecule has 2 rings (SSSR count). The third-order valence-electron chi connectivity index (χ3n) is 2.90. The molecule has 0 spiro atoms. The summed E-state index contributed by atoms with van der Waals surface area (Å²) in [6.07, 6.45) is -2.51. The highest BCUT2D eigenvalue weighted by Gasteiger charge is 2.41. The first-order valence-electron chi connectivity index (χ1n) is 5.25. The maximum Gasteiger partial charge on any atom is 0.330 e. The van der Waals surface area contributed by atoms with Gasteiger partial charge in [-0.3, -0.25) is 14.3 Å². The fraction of sp³-hybridized carbons (Fsp3) is 0.600. The van der Waals surface area contributed by atoms with Crippen LogP contribution in [0.25, 0.3) is 0 Å². The number of ether oxygens (including phenoxy) is 1. The second-order valence-corrected chi connectivity index (χ2v) is 4.19. The molecule has 0 bridgehead atoms. The lowest BCUT2D eigenvalue weighted by Gasteiger charge is -2.17. The van der Waals surface area contributed by atoms with Gasteiger partial charge in [-0.1, -0.05) is 0 Å². The molecule has 1 aromatic heterocycles. The summed E-state index contributed by atoms with van der Waals surface area (Å²) in [5.41, 5.74) is -0.826. The largest absolute Gasteiger partial charge is 0.388 e. The molecule has 4 atom stereocenters. The zero-order chi connectivity index (χ0) is 12.7. The van der Waals surface area contributed by atoms with Crippen LogP contribution in [0.4, 0.5) is 0 Å². The lowest BCUT2D eigenvalue weighted by molar-refractivity contribution is -0.0352. The number of rotatable bonds is 1. The smallest absolute Gasteiger partial charge is 0.330 e. The molecule has 0 aliphatic carbocycles. The molecular weight excluding hydrogens is 228 g/mol. The van der Waals surface area contributed by atoms with Gasteiger partial charge in [-0.2, -0.15) is 0 Å². The number of nitrogens with zero attached hydrogens (tertiary/aromatic N) is 1. The van der Waals surface area contributed by atoms with E-state index in [1.165, 1.54) is 13.1 Å². The molecule has 94 valence electrons. The summed E-state index contributed by atoms with van der Waals surface area (Å²) in [6.45, 7) is 3.13. The van der Waals surface area contributed by atoms with Crippen molar-refractivity contribution in [1.29, 1.82) is 0 Å². The summed E-state index contributed by atoms with van der Waals surface area (Å²) in [6, 6.07) is 0. The molecule has 7 nitrogen and oxygen atoms in total. The lowest BCUT2D eigenvalue weighted by atomic mass is 10.1. The number of aryl methyl sites for hydroxylation is 1. The molecule has 1 unspecified atom stereocenters. The molecule has 2 heterocycles. The average Bonchev–Trinajstić information content (AvgIpc) is 2.51. The van der Waals surface area contributed by atoms with E-state index in [0.29, 0.717) is 5.56 Å². The molecular formula is C10H14N2O5. The molecule has 3 N–H and O–H groups in total. The first-order valence-corrected chi connectivity index (χ1v) is 5.25. The highest BCUT2D eigenvalue weighted by Crippen LogP contribution is 2.27. The van der Waals surface area contributed by atoms with Crippen LogP contribution in [0.15, 0.2) is 15.8 Å². The Kier molecular flexibility index (Phi) is 2.90. The molecule has 1 aliphatic rings. The second-order valence-electron chi connectivity index (χ2n) is 4.19. The number of hydrogen-bond acceptors (Lipinski definition) is 5. The Balaban J connectivity index is 2.46. The number of H-pyrrole nitrogens is 1. The molecule has 1 fully saturated rings. The highest BCUT2D eigenvalue weighted by molar-refractivity contribution is 5.02. The molecule has 17 heavy (non-hydrogen) atoms. The van der Waals surface area contributed by atoms with Gasteiger partial charge < -0.3 is 14.9 Å². The Bertz CT molecular complexity index is 534. The topological polar surface area (TPSA) is 105 Å². The molecule has 1 saturated heterocycles. The van der Waals surface area contributed by atoms with E-state index in [9.17, 15) is 19.8 Å². The number of aromatic amines is 1. The second kappa shape index (κ2) is 4.10. The van der Waals surface area contributed by atoms with Crippen LogP contribution in [-0.2, 0) is 4.74 Å². The van der Waals surface area contributed by atoms with Crippen LogP contribution in [0.5, 0.6) is 0 Å². The molecule has 1 aliphatic heterocycles. The van der Waals surface area contributed by atoms with Gasteiger partial charge in [0.1, 0.15) is 12.2 Å². The fourth-order valence-corrected chi connectivity index (χ4v) is 1.83. The van der Waals surface area contributed by atoms with Gasteiger partial charge in [0.05, 0.1) is 6.10 Å². The molecule has 0 saturated carbocycles. The van der Waals surface area contributed by atoms with Gasteiger partial charge in [-0.15, -0.1) is 0 Å². The maximum absolute atomic E-state index is 11.6. The van der Waals surface area contributed by atoms with Gasteiger partial charge >= 0.3 is 5.69 Å². The standard InChI is InChI=1S/C10H14N2O5/c1-4-3-12(10(16)11-8(4)15)9-7(14)6(13)5(2)17-9/h3,5-7,9,13-14H,1-2H3,(H,11,15,16)/t5-,6-,7-,9?/m1/s1. The van der Waals surface area contributed by atoms with Crippen molar-refractivity contribution in [1.82, 2.24) is 9.55 Å². The fourth-order valence-electron chi connectivity index (χ4n) is 1.83. The predicted molar refractivity (Wildman–Crippen MR) is 57.7 cm³/mol. The number of aromatic nitrogens is 2. The number of aliphatic hydroxyl groups is 2. The van der Waals surface area contributed by atoms with Crippen molar-refractivity contribution < 1.29 is 14.9 Å². The van der Waals surface area contributed by atoms with Gasteiger partial charge in [0.2, 0.25) is 0 Å². The van der Waals surface area contributed by atoms with Crippen molar-refractivity contribution in [3.63, 3.8) is 0 Å². The van der Waals surface area contributed by atoms with Crippen LogP contribution >= 0.6 is 0 Å². The maximum atomic E-state index is 11.6. The third-order valence-corrected chi connectivity index (χ3v) is 2.90. The highest BCUT2D eigenvalue weighted by atomic mass is 16.6. The van der Waals surface area contributed by atoms with Crippen molar-refractivity contribution in [3.05, 3.63) is 32.6 Å². The van der Waals surface area contributed by atoms with Crippen molar-refractivity contribution in [2.24, 2.45) is 0 Å². The van der Waals surface area contributed by atoms with E-state index in [1.807, 2.05) is 0 Å². The molecule has 0 radical (unpaired) electrons. The first-order chi connectivity index (χ1) is 7.91. The SMILES string of the molecule is Cc1cn(C2O[C@H](C)[C@@H](O)[C@H]2O)c(=O)[nH]c1=O. The molecule has 7 heteroatoms. The van der Waals surface area contributed by atoms with Gasteiger partial charge in [0, 0.05) is 11.8 Å². The van der Waals surface area contributed by atoms with E-state index in [1.54, 1.807) is 6.92 Å². The monoisotopic (exact) mass is 242 g/mol. The zero-order valence-electron chi connectivity index (χ0n) is 9.45. The third kappa shape index (κ3) is 1.92. The van der Waals surface area contributed by atoms with Gasteiger partial charge in [0.15, 0.2) is 6.23 Å². The van der Waals surface area contributed by atoms with E-state index in [-0.39, 0.29) is 0 Å². The van der Waals surface area contributed by atoms with Crippen LogP contribution in [0, 0.1) is 6.92 Å². The molecule has 1 aromatic rings. The quantitative estimate of drug-likeness (QED) is 0.555. The van der Waals surface area contributed by atoms with Gasteiger partial charge in [0.25, 0.3) is 5.56 Å². The number of aliphatic hydroxyl groups excluding tert-OH is 2. The van der Waals surface area contributed by atoms with E-state index in [0.717, 1.165) is 4.57 Å². The Morgan fingerprint density at radius 1 is 1.35 bits per heavy atom. The predicted octanol–water partition coefficient (Wildman–Crippen LogP) is -1.52.